The Hall–Kier alpha value is -2.58. The van der Waals surface area contributed by atoms with Crippen LogP contribution in [0.25, 0.3) is 21.3 Å². The first-order valence-electron chi connectivity index (χ1n) is 7.93. The third-order valence-electron chi connectivity index (χ3n) is 3.92. The number of rotatable bonds is 5. The van der Waals surface area contributed by atoms with Crippen LogP contribution in [0, 0.1) is 0 Å². The van der Waals surface area contributed by atoms with Crippen LogP contribution in [0.3, 0.4) is 0 Å². The molecule has 0 aliphatic heterocycles. The van der Waals surface area contributed by atoms with Crippen LogP contribution in [-0.4, -0.2) is 33.3 Å². The molecular weight excluding hydrogens is 368 g/mol. The Labute approximate surface area is 158 Å². The summed E-state index contributed by atoms with van der Waals surface area (Å²) in [5, 5.41) is 4.26. The van der Waals surface area contributed by atoms with Crippen molar-refractivity contribution in [2.45, 2.75) is 5.16 Å². The lowest BCUT2D eigenvalue weighted by Gasteiger charge is -2.02. The number of para-hydroxylation sites is 2. The summed E-state index contributed by atoms with van der Waals surface area (Å²) >= 11 is 2.84. The molecule has 132 valence electrons. The highest BCUT2D eigenvalue weighted by Gasteiger charge is 2.12. The number of hydrogen-bond donors (Lipinski definition) is 1. The van der Waals surface area contributed by atoms with Gasteiger partial charge in [0.15, 0.2) is 10.3 Å². The van der Waals surface area contributed by atoms with E-state index in [2.05, 4.69) is 15.3 Å². The monoisotopic (exact) mass is 384 g/mol. The lowest BCUT2D eigenvalue weighted by atomic mass is 10.3. The molecule has 4 aromatic rings. The molecule has 0 aliphatic rings. The van der Waals surface area contributed by atoms with Crippen LogP contribution < -0.4 is 10.1 Å². The van der Waals surface area contributed by atoms with Crippen LogP contribution in [-0.2, 0) is 11.8 Å². The largest absolute Gasteiger partial charge is 0.497 e. The number of aromatic nitrogens is 3. The fourth-order valence-electron chi connectivity index (χ4n) is 2.62. The molecular formula is C18H16N4O2S2. The quantitative estimate of drug-likeness (QED) is 0.528. The number of imidazole rings is 1. The summed E-state index contributed by atoms with van der Waals surface area (Å²) in [6.45, 7) is 0. The standard InChI is InChI=1S/C18H16N4O2S2/c1-22-14-6-4-3-5-12(14)20-18(22)25-10-16(23)21-17-19-13-8-7-11(24-2)9-15(13)26-17/h3-9H,10H2,1-2H3,(H,19,21,23). The third-order valence-corrected chi connectivity index (χ3v) is 5.88. The zero-order valence-corrected chi connectivity index (χ0v) is 15.9. The van der Waals surface area contributed by atoms with Crippen LogP contribution in [0.4, 0.5) is 5.13 Å². The highest BCUT2D eigenvalue weighted by Crippen LogP contribution is 2.29. The van der Waals surface area contributed by atoms with E-state index in [-0.39, 0.29) is 11.7 Å². The lowest BCUT2D eigenvalue weighted by Crippen LogP contribution is -2.14. The van der Waals surface area contributed by atoms with Crippen molar-refractivity contribution in [1.82, 2.24) is 14.5 Å². The molecule has 0 atom stereocenters. The normalized spacial score (nSPS) is 11.2. The van der Waals surface area contributed by atoms with Crippen LogP contribution >= 0.6 is 23.1 Å². The van der Waals surface area contributed by atoms with Gasteiger partial charge < -0.3 is 14.6 Å². The lowest BCUT2D eigenvalue weighted by molar-refractivity contribution is -0.113. The van der Waals surface area contributed by atoms with E-state index in [0.717, 1.165) is 32.2 Å². The number of fused-ring (bicyclic) bond motifs is 2. The van der Waals surface area contributed by atoms with Gasteiger partial charge in [0.05, 0.1) is 34.1 Å². The minimum atomic E-state index is -0.104. The molecule has 0 saturated carbocycles. The molecule has 0 unspecified atom stereocenters. The Balaban J connectivity index is 1.44. The summed E-state index contributed by atoms with van der Waals surface area (Å²) in [4.78, 5) is 21.3. The number of nitrogens with one attached hydrogen (secondary N) is 1. The van der Waals surface area contributed by atoms with Crippen molar-refractivity contribution in [2.75, 3.05) is 18.2 Å². The SMILES string of the molecule is COc1ccc2nc(NC(=O)CSc3nc4ccccc4n3C)sc2c1. The van der Waals surface area contributed by atoms with Gasteiger partial charge in [-0.05, 0) is 30.3 Å². The number of thioether (sulfide) groups is 1. The number of thiazole rings is 1. The number of carbonyl (C=O) groups excluding carboxylic acids is 1. The molecule has 0 saturated heterocycles. The van der Waals surface area contributed by atoms with Crippen molar-refractivity contribution in [1.29, 1.82) is 0 Å². The number of aryl methyl sites for hydroxylation is 1. The Morgan fingerprint density at radius 1 is 1.23 bits per heavy atom. The van der Waals surface area contributed by atoms with Crippen molar-refractivity contribution >= 4 is 55.4 Å². The molecule has 2 aromatic carbocycles. The first-order valence-corrected chi connectivity index (χ1v) is 9.73. The van der Waals surface area contributed by atoms with E-state index >= 15 is 0 Å². The van der Waals surface area contributed by atoms with Crippen molar-refractivity contribution in [3.8, 4) is 5.75 Å². The van der Waals surface area contributed by atoms with Crippen LogP contribution in [0.15, 0.2) is 47.6 Å². The van der Waals surface area contributed by atoms with Gasteiger partial charge in [-0.25, -0.2) is 9.97 Å². The second-order valence-electron chi connectivity index (χ2n) is 5.63. The molecule has 1 amide bonds. The van der Waals surface area contributed by atoms with E-state index in [1.807, 2.05) is 54.1 Å². The van der Waals surface area contributed by atoms with E-state index in [9.17, 15) is 4.79 Å². The maximum Gasteiger partial charge on any atom is 0.236 e. The molecule has 8 heteroatoms. The molecule has 0 radical (unpaired) electrons. The highest BCUT2D eigenvalue weighted by molar-refractivity contribution is 7.99. The number of nitrogens with zero attached hydrogens (tertiary/aromatic N) is 3. The molecule has 0 aliphatic carbocycles. The number of ether oxygens (including phenoxy) is 1. The number of carbonyl (C=O) groups is 1. The molecule has 2 heterocycles. The summed E-state index contributed by atoms with van der Waals surface area (Å²) in [5.74, 6) is 0.945. The van der Waals surface area contributed by atoms with E-state index in [0.29, 0.717) is 5.13 Å². The Kier molecular flexibility index (Phi) is 4.52. The summed E-state index contributed by atoms with van der Waals surface area (Å²) in [5.41, 5.74) is 2.82. The van der Waals surface area contributed by atoms with Gasteiger partial charge in [-0.3, -0.25) is 4.79 Å². The highest BCUT2D eigenvalue weighted by atomic mass is 32.2. The van der Waals surface area contributed by atoms with Gasteiger partial charge in [0.2, 0.25) is 5.91 Å². The molecule has 1 N–H and O–H groups in total. The Bertz CT molecular complexity index is 1100. The molecule has 0 fully saturated rings. The number of benzene rings is 2. The fraction of sp³-hybridized carbons (Fsp3) is 0.167. The summed E-state index contributed by atoms with van der Waals surface area (Å²) in [6, 6.07) is 13.6. The maximum absolute atomic E-state index is 12.3. The number of methoxy groups -OCH3 is 1. The fourth-order valence-corrected chi connectivity index (χ4v) is 4.32. The molecule has 26 heavy (non-hydrogen) atoms. The zero-order valence-electron chi connectivity index (χ0n) is 14.2. The third kappa shape index (κ3) is 3.25. The van der Waals surface area contributed by atoms with Crippen molar-refractivity contribution in [3.63, 3.8) is 0 Å². The van der Waals surface area contributed by atoms with Gasteiger partial charge in [-0.2, -0.15) is 0 Å². The summed E-state index contributed by atoms with van der Waals surface area (Å²) in [7, 11) is 3.58. The van der Waals surface area contributed by atoms with Crippen LogP contribution in [0.2, 0.25) is 0 Å². The van der Waals surface area contributed by atoms with Crippen molar-refractivity contribution < 1.29 is 9.53 Å². The topological polar surface area (TPSA) is 69.0 Å². The van der Waals surface area contributed by atoms with Gasteiger partial charge in [0, 0.05) is 7.05 Å². The number of hydrogen-bond acceptors (Lipinski definition) is 6. The zero-order chi connectivity index (χ0) is 18.1. The maximum atomic E-state index is 12.3. The van der Waals surface area contributed by atoms with Crippen LogP contribution in [0.5, 0.6) is 5.75 Å². The predicted molar refractivity (Wildman–Crippen MR) is 106 cm³/mol. The molecule has 2 aromatic heterocycles. The minimum Gasteiger partial charge on any atom is -0.497 e. The summed E-state index contributed by atoms with van der Waals surface area (Å²) < 4.78 is 8.19. The first-order chi connectivity index (χ1) is 12.6. The van der Waals surface area contributed by atoms with Crippen molar-refractivity contribution in [3.05, 3.63) is 42.5 Å². The van der Waals surface area contributed by atoms with Gasteiger partial charge in [0.25, 0.3) is 0 Å². The second-order valence-corrected chi connectivity index (χ2v) is 7.60. The average Bonchev–Trinajstić information content (AvgIpc) is 3.19. The van der Waals surface area contributed by atoms with E-state index in [1.165, 1.54) is 23.1 Å². The average molecular weight is 384 g/mol. The smallest absolute Gasteiger partial charge is 0.236 e. The minimum absolute atomic E-state index is 0.104. The molecule has 0 bridgehead atoms. The van der Waals surface area contributed by atoms with Crippen molar-refractivity contribution in [2.24, 2.45) is 7.05 Å². The molecule has 4 rings (SSSR count). The molecule has 6 nitrogen and oxygen atoms in total. The van der Waals surface area contributed by atoms with Gasteiger partial charge >= 0.3 is 0 Å². The van der Waals surface area contributed by atoms with Gasteiger partial charge in [0.1, 0.15) is 5.75 Å². The summed E-state index contributed by atoms with van der Waals surface area (Å²) in [6.07, 6.45) is 0. The molecule has 0 spiro atoms. The first kappa shape index (κ1) is 16.9. The van der Waals surface area contributed by atoms with Crippen LogP contribution in [0.1, 0.15) is 0 Å². The number of amides is 1. The van der Waals surface area contributed by atoms with Gasteiger partial charge in [-0.1, -0.05) is 35.2 Å². The predicted octanol–water partition coefficient (Wildman–Crippen LogP) is 3.92. The number of anilines is 1. The van der Waals surface area contributed by atoms with E-state index < -0.39 is 0 Å². The van der Waals surface area contributed by atoms with E-state index in [1.54, 1.807) is 7.11 Å². The van der Waals surface area contributed by atoms with E-state index in [4.69, 9.17) is 4.74 Å². The Morgan fingerprint density at radius 3 is 2.88 bits per heavy atom. The Morgan fingerprint density at radius 2 is 2.08 bits per heavy atom. The van der Waals surface area contributed by atoms with Gasteiger partial charge in [-0.15, -0.1) is 0 Å². The second kappa shape index (κ2) is 6.97.